The first-order valence-electron chi connectivity index (χ1n) is 19.7. The van der Waals surface area contributed by atoms with Crippen LogP contribution in [0.25, 0.3) is 109 Å². The summed E-state index contributed by atoms with van der Waals surface area (Å²) in [6.45, 7) is 2.38. The number of para-hydroxylation sites is 1. The van der Waals surface area contributed by atoms with E-state index in [0.29, 0.717) is 23.4 Å². The molecule has 1 aliphatic carbocycles. The van der Waals surface area contributed by atoms with E-state index in [1.54, 1.807) is 0 Å². The summed E-state index contributed by atoms with van der Waals surface area (Å²) >= 11 is 3.78. The summed E-state index contributed by atoms with van der Waals surface area (Å²) in [7, 11) is 0. The van der Waals surface area contributed by atoms with Crippen molar-refractivity contribution in [3.63, 3.8) is 0 Å². The number of aromatic nitrogens is 4. The molecule has 0 radical (unpaired) electrons. The zero-order valence-electron chi connectivity index (χ0n) is 31.6. The van der Waals surface area contributed by atoms with Crippen LogP contribution in [0.1, 0.15) is 29.7 Å². The minimum absolute atomic E-state index is 0.456. The van der Waals surface area contributed by atoms with E-state index in [4.69, 9.17) is 15.0 Å². The van der Waals surface area contributed by atoms with Crippen LogP contribution in [0, 0.1) is 0 Å². The first kappa shape index (κ1) is 33.4. The van der Waals surface area contributed by atoms with Crippen LogP contribution in [0.5, 0.6) is 0 Å². The van der Waals surface area contributed by atoms with Gasteiger partial charge in [0.05, 0.1) is 11.0 Å². The van der Waals surface area contributed by atoms with Crippen LogP contribution >= 0.6 is 22.7 Å². The first-order chi connectivity index (χ1) is 28.6. The van der Waals surface area contributed by atoms with E-state index >= 15 is 0 Å². The molecule has 0 amide bonds. The molecule has 0 N–H and O–H groups in total. The van der Waals surface area contributed by atoms with Crippen LogP contribution < -0.4 is 0 Å². The predicted octanol–water partition coefficient (Wildman–Crippen LogP) is 14.7. The van der Waals surface area contributed by atoms with E-state index in [1.807, 2.05) is 59.1 Å². The molecule has 11 aromatic rings. The molecule has 6 heteroatoms. The molecule has 58 heavy (non-hydrogen) atoms. The second-order valence-electron chi connectivity index (χ2n) is 15.3. The maximum atomic E-state index is 5.03. The standard InChI is InChI=1S/C52H34N4S2/c1-31-26-37(30-43-39-17-9-11-19-46(39)58-49(31)43)56-44-18-10-8-16-38(44)40-27-34(20-23-45(40)56)35-21-24-47-41(28-35)42-29-36(22-25-48(42)57-47)52-54-50(32-12-4-2-5-13-32)53-51(55-52)33-14-6-3-7-15-33/h2-25,27-31H,26H2,1H3. The van der Waals surface area contributed by atoms with Gasteiger partial charge in [0.2, 0.25) is 0 Å². The molecule has 4 nitrogen and oxygen atoms in total. The Balaban J connectivity index is 0.977. The van der Waals surface area contributed by atoms with E-state index in [0.717, 1.165) is 23.1 Å². The molecule has 4 heterocycles. The van der Waals surface area contributed by atoms with Gasteiger partial charge in [-0.05, 0) is 89.7 Å². The molecule has 0 spiro atoms. The van der Waals surface area contributed by atoms with Crippen LogP contribution in [0.2, 0.25) is 0 Å². The average Bonchev–Trinajstić information content (AvgIpc) is 3.96. The molecule has 7 aromatic carbocycles. The molecule has 0 bridgehead atoms. The Labute approximate surface area is 343 Å². The van der Waals surface area contributed by atoms with Crippen molar-refractivity contribution in [1.82, 2.24) is 19.5 Å². The van der Waals surface area contributed by atoms with Crippen molar-refractivity contribution in [3.8, 4) is 45.3 Å². The monoisotopic (exact) mass is 778 g/mol. The molecular weight excluding hydrogens is 745 g/mol. The molecule has 12 rings (SSSR count). The highest BCUT2D eigenvalue weighted by atomic mass is 32.1. The van der Waals surface area contributed by atoms with E-state index < -0.39 is 0 Å². The van der Waals surface area contributed by atoms with Crippen molar-refractivity contribution in [2.45, 2.75) is 19.3 Å². The van der Waals surface area contributed by atoms with Gasteiger partial charge in [-0.3, -0.25) is 0 Å². The number of nitrogens with zero attached hydrogens (tertiary/aromatic N) is 4. The molecule has 0 aliphatic heterocycles. The van der Waals surface area contributed by atoms with Crippen molar-refractivity contribution in [2.75, 3.05) is 0 Å². The molecule has 1 aliphatic rings. The molecule has 1 atom stereocenters. The van der Waals surface area contributed by atoms with E-state index in [2.05, 4.69) is 145 Å². The van der Waals surface area contributed by atoms with Gasteiger partial charge in [-0.15, -0.1) is 22.7 Å². The van der Waals surface area contributed by atoms with Crippen molar-refractivity contribution in [2.24, 2.45) is 0 Å². The van der Waals surface area contributed by atoms with Crippen LogP contribution in [-0.4, -0.2) is 19.5 Å². The lowest BCUT2D eigenvalue weighted by Gasteiger charge is -2.22. The second-order valence-corrected chi connectivity index (χ2v) is 17.4. The second kappa shape index (κ2) is 13.2. The summed E-state index contributed by atoms with van der Waals surface area (Å²) in [4.78, 5) is 16.5. The van der Waals surface area contributed by atoms with Gasteiger partial charge < -0.3 is 4.57 Å². The van der Waals surface area contributed by atoms with Gasteiger partial charge in [-0.1, -0.05) is 116 Å². The smallest absolute Gasteiger partial charge is 0.164 e. The Hall–Kier alpha value is -6.73. The van der Waals surface area contributed by atoms with Crippen LogP contribution in [-0.2, 0) is 0 Å². The Morgan fingerprint density at radius 1 is 0.448 bits per heavy atom. The molecule has 0 saturated heterocycles. The fourth-order valence-corrected chi connectivity index (χ4v) is 11.2. The van der Waals surface area contributed by atoms with Crippen LogP contribution in [0.3, 0.4) is 0 Å². The maximum absolute atomic E-state index is 5.03. The third kappa shape index (κ3) is 5.37. The number of hydrogen-bond donors (Lipinski definition) is 0. The van der Waals surface area contributed by atoms with Gasteiger partial charge in [0.1, 0.15) is 0 Å². The molecule has 4 aromatic heterocycles. The Morgan fingerprint density at radius 3 is 1.67 bits per heavy atom. The number of rotatable bonds is 5. The lowest BCUT2D eigenvalue weighted by molar-refractivity contribution is 0.781. The lowest BCUT2D eigenvalue weighted by atomic mass is 9.92. The summed E-state index contributed by atoms with van der Waals surface area (Å²) in [6, 6.07) is 58.6. The topological polar surface area (TPSA) is 43.6 Å². The summed E-state index contributed by atoms with van der Waals surface area (Å²) in [5.41, 5.74) is 10.6. The largest absolute Gasteiger partial charge is 0.313 e. The average molecular weight is 779 g/mol. The highest BCUT2D eigenvalue weighted by Gasteiger charge is 2.25. The number of thiophene rings is 2. The van der Waals surface area contributed by atoms with E-state index in [-0.39, 0.29) is 0 Å². The van der Waals surface area contributed by atoms with E-state index in [9.17, 15) is 0 Å². The molecular formula is C52H34N4S2. The number of benzene rings is 7. The van der Waals surface area contributed by atoms with Crippen molar-refractivity contribution in [1.29, 1.82) is 0 Å². The third-order valence-electron chi connectivity index (χ3n) is 11.7. The molecule has 274 valence electrons. The lowest BCUT2D eigenvalue weighted by Crippen LogP contribution is -2.06. The van der Waals surface area contributed by atoms with Crippen LogP contribution in [0.4, 0.5) is 0 Å². The first-order valence-corrected chi connectivity index (χ1v) is 21.4. The van der Waals surface area contributed by atoms with Gasteiger partial charge in [0.25, 0.3) is 0 Å². The van der Waals surface area contributed by atoms with Gasteiger partial charge in [-0.25, -0.2) is 15.0 Å². The summed E-state index contributed by atoms with van der Waals surface area (Å²) in [5, 5.41) is 6.36. The Kier molecular flexibility index (Phi) is 7.59. The maximum Gasteiger partial charge on any atom is 0.164 e. The summed E-state index contributed by atoms with van der Waals surface area (Å²) < 4.78 is 6.39. The SMILES string of the molecule is CC1CC(n2c3ccccc3c3cc(-c4ccc5sc6ccc(-c7nc(-c8ccccc8)nc(-c8ccccc8)n7)cc6c5c4)ccc32)=Cc2c1sc1ccccc21. The minimum atomic E-state index is 0.456. The Bertz CT molecular complexity index is 3390. The van der Waals surface area contributed by atoms with Crippen molar-refractivity contribution >= 4 is 86.5 Å². The molecule has 0 saturated carbocycles. The zero-order valence-corrected chi connectivity index (χ0v) is 33.2. The number of hydrogen-bond acceptors (Lipinski definition) is 5. The fraction of sp³-hybridized carbons (Fsp3) is 0.0577. The predicted molar refractivity (Wildman–Crippen MR) is 246 cm³/mol. The summed E-state index contributed by atoms with van der Waals surface area (Å²) in [6.07, 6.45) is 3.46. The van der Waals surface area contributed by atoms with Gasteiger partial charge in [0.15, 0.2) is 17.5 Å². The van der Waals surface area contributed by atoms with Gasteiger partial charge >= 0.3 is 0 Å². The quantitative estimate of drug-likeness (QED) is 0.175. The highest BCUT2D eigenvalue weighted by molar-refractivity contribution is 7.25. The summed E-state index contributed by atoms with van der Waals surface area (Å²) in [5.74, 6) is 2.45. The highest BCUT2D eigenvalue weighted by Crippen LogP contribution is 2.47. The minimum Gasteiger partial charge on any atom is -0.313 e. The van der Waals surface area contributed by atoms with E-state index in [1.165, 1.54) is 79.3 Å². The van der Waals surface area contributed by atoms with Gasteiger partial charge in [0, 0.05) is 68.3 Å². The third-order valence-corrected chi connectivity index (χ3v) is 14.2. The molecule has 0 fully saturated rings. The Morgan fingerprint density at radius 2 is 0.966 bits per heavy atom. The van der Waals surface area contributed by atoms with Crippen molar-refractivity contribution in [3.05, 3.63) is 174 Å². The molecule has 1 unspecified atom stereocenters. The van der Waals surface area contributed by atoms with Gasteiger partial charge in [-0.2, -0.15) is 0 Å². The zero-order chi connectivity index (χ0) is 38.3. The van der Waals surface area contributed by atoms with Crippen LogP contribution in [0.15, 0.2) is 164 Å². The van der Waals surface area contributed by atoms with Crippen molar-refractivity contribution < 1.29 is 0 Å². The number of allylic oxidation sites excluding steroid dienone is 1. The number of fused-ring (bicyclic) bond motifs is 9. The fourth-order valence-electron chi connectivity index (χ4n) is 8.88. The normalized spacial score (nSPS) is 14.2.